The van der Waals surface area contributed by atoms with Gasteiger partial charge in [-0.3, -0.25) is 9.79 Å². The van der Waals surface area contributed by atoms with Crippen molar-refractivity contribution in [3.8, 4) is 0 Å². The molecule has 0 spiro atoms. The maximum Gasteiger partial charge on any atom is 0.275 e. The molecule has 19 heavy (non-hydrogen) atoms. The minimum absolute atomic E-state index is 0.217. The van der Waals surface area contributed by atoms with Crippen LogP contribution in [0, 0.1) is 0 Å². The van der Waals surface area contributed by atoms with Gasteiger partial charge in [-0.25, -0.2) is 4.99 Å². The molecule has 0 saturated carbocycles. The van der Waals surface area contributed by atoms with E-state index in [1.54, 1.807) is 0 Å². The second-order valence-electron chi connectivity index (χ2n) is 4.29. The van der Waals surface area contributed by atoms with Crippen molar-refractivity contribution < 1.29 is 4.79 Å². The molecule has 0 N–H and O–H groups in total. The van der Waals surface area contributed by atoms with E-state index in [0.29, 0.717) is 0 Å². The average Bonchev–Trinajstić information content (AvgIpc) is 2.49. The lowest BCUT2D eigenvalue weighted by molar-refractivity contribution is -0.119. The van der Waals surface area contributed by atoms with Crippen LogP contribution in [0.1, 0.15) is 17.2 Å². The quantitative estimate of drug-likeness (QED) is 0.805. The van der Waals surface area contributed by atoms with Crippen molar-refractivity contribution in [3.05, 3.63) is 71.8 Å². The summed E-state index contributed by atoms with van der Waals surface area (Å²) in [4.78, 5) is 20.3. The van der Waals surface area contributed by atoms with Gasteiger partial charge in [-0.1, -0.05) is 60.7 Å². The lowest BCUT2D eigenvalue weighted by atomic mass is 10.0. The summed E-state index contributed by atoms with van der Waals surface area (Å²) in [6.07, 6.45) is 1.54. The van der Waals surface area contributed by atoms with Gasteiger partial charge in [0.2, 0.25) is 0 Å². The monoisotopic (exact) mass is 248 g/mol. The largest absolute Gasteiger partial charge is 0.275 e. The van der Waals surface area contributed by atoms with Crippen LogP contribution in [-0.4, -0.2) is 17.8 Å². The first-order valence-electron chi connectivity index (χ1n) is 6.11. The maximum absolute atomic E-state index is 11.9. The summed E-state index contributed by atoms with van der Waals surface area (Å²) in [7, 11) is 0. The highest BCUT2D eigenvalue weighted by Crippen LogP contribution is 2.22. The van der Waals surface area contributed by atoms with Crippen LogP contribution >= 0.6 is 0 Å². The number of benzene rings is 2. The van der Waals surface area contributed by atoms with Crippen LogP contribution in [0.15, 0.2) is 70.6 Å². The summed E-state index contributed by atoms with van der Waals surface area (Å²) in [6.45, 7) is 0. The van der Waals surface area contributed by atoms with Crippen LogP contribution in [0.5, 0.6) is 0 Å². The van der Waals surface area contributed by atoms with Gasteiger partial charge in [0.25, 0.3) is 5.91 Å². The molecule has 0 aromatic heterocycles. The van der Waals surface area contributed by atoms with Crippen molar-refractivity contribution in [3.63, 3.8) is 0 Å². The van der Waals surface area contributed by atoms with Crippen molar-refractivity contribution in [1.29, 1.82) is 0 Å². The van der Waals surface area contributed by atoms with E-state index >= 15 is 0 Å². The number of carbonyl (C=O) groups is 1. The zero-order valence-electron chi connectivity index (χ0n) is 10.2. The molecule has 0 bridgehead atoms. The van der Waals surface area contributed by atoms with Crippen molar-refractivity contribution in [2.45, 2.75) is 6.04 Å². The molecule has 0 radical (unpaired) electrons. The minimum atomic E-state index is -0.526. The summed E-state index contributed by atoms with van der Waals surface area (Å²) < 4.78 is 0. The van der Waals surface area contributed by atoms with Gasteiger partial charge in [0.15, 0.2) is 6.04 Å². The van der Waals surface area contributed by atoms with Crippen LogP contribution < -0.4 is 0 Å². The molecule has 0 fully saturated rings. The fraction of sp³-hybridized carbons (Fsp3) is 0.0625. The lowest BCUT2D eigenvalue weighted by Crippen LogP contribution is -2.18. The SMILES string of the molecule is O=C1N=CC(c2ccccc2)=NC1c1ccccc1. The molecule has 1 aliphatic heterocycles. The number of hydrogen-bond donors (Lipinski definition) is 0. The Hall–Kier alpha value is -2.55. The number of hydrogen-bond acceptors (Lipinski definition) is 2. The van der Waals surface area contributed by atoms with E-state index in [-0.39, 0.29) is 5.91 Å². The molecule has 92 valence electrons. The van der Waals surface area contributed by atoms with E-state index in [1.807, 2.05) is 60.7 Å². The first kappa shape index (κ1) is 11.5. The second kappa shape index (κ2) is 4.98. The highest BCUT2D eigenvalue weighted by Gasteiger charge is 2.22. The summed E-state index contributed by atoms with van der Waals surface area (Å²) >= 11 is 0. The number of amides is 1. The fourth-order valence-electron chi connectivity index (χ4n) is 2.03. The smallest absolute Gasteiger partial charge is 0.270 e. The molecule has 0 aliphatic carbocycles. The number of nitrogens with zero attached hydrogens (tertiary/aromatic N) is 2. The predicted molar refractivity (Wildman–Crippen MR) is 75.7 cm³/mol. The van der Waals surface area contributed by atoms with E-state index in [1.165, 1.54) is 6.21 Å². The Balaban J connectivity index is 2.00. The third-order valence-electron chi connectivity index (χ3n) is 3.00. The van der Waals surface area contributed by atoms with Crippen molar-refractivity contribution in [2.24, 2.45) is 9.98 Å². The normalized spacial score (nSPS) is 18.2. The molecule has 1 heterocycles. The third-order valence-corrected chi connectivity index (χ3v) is 3.00. The van der Waals surface area contributed by atoms with Crippen LogP contribution in [0.2, 0.25) is 0 Å². The number of rotatable bonds is 2. The first-order chi connectivity index (χ1) is 9.34. The Morgan fingerprint density at radius 3 is 2.16 bits per heavy atom. The highest BCUT2D eigenvalue weighted by atomic mass is 16.1. The summed E-state index contributed by atoms with van der Waals surface area (Å²) in [5, 5.41) is 0. The predicted octanol–water partition coefficient (Wildman–Crippen LogP) is 2.83. The average molecular weight is 248 g/mol. The van der Waals surface area contributed by atoms with E-state index in [4.69, 9.17) is 0 Å². The summed E-state index contributed by atoms with van der Waals surface area (Å²) in [5.74, 6) is -0.217. The highest BCUT2D eigenvalue weighted by molar-refractivity contribution is 6.40. The van der Waals surface area contributed by atoms with Crippen LogP contribution in [0.4, 0.5) is 0 Å². The van der Waals surface area contributed by atoms with Crippen molar-refractivity contribution in [1.82, 2.24) is 0 Å². The van der Waals surface area contributed by atoms with E-state index in [0.717, 1.165) is 16.8 Å². The molecule has 2 aromatic rings. The van der Waals surface area contributed by atoms with Gasteiger partial charge in [0, 0.05) is 5.56 Å². The molecule has 3 heteroatoms. The molecule has 1 amide bonds. The molecule has 1 aliphatic rings. The molecule has 3 rings (SSSR count). The Kier molecular flexibility index (Phi) is 3.02. The number of carbonyl (C=O) groups excluding carboxylic acids is 1. The Morgan fingerprint density at radius 1 is 0.842 bits per heavy atom. The van der Waals surface area contributed by atoms with Crippen LogP contribution in [0.25, 0.3) is 0 Å². The Bertz CT molecular complexity index is 645. The van der Waals surface area contributed by atoms with E-state index in [2.05, 4.69) is 9.98 Å². The topological polar surface area (TPSA) is 41.8 Å². The number of aliphatic imine (C=N–C) groups is 2. The molecule has 0 saturated heterocycles. The van der Waals surface area contributed by atoms with Crippen LogP contribution in [0.3, 0.4) is 0 Å². The molecule has 1 unspecified atom stereocenters. The van der Waals surface area contributed by atoms with Gasteiger partial charge in [-0.05, 0) is 5.56 Å². The van der Waals surface area contributed by atoms with Gasteiger partial charge in [0.05, 0.1) is 11.9 Å². The minimum Gasteiger partial charge on any atom is -0.270 e. The van der Waals surface area contributed by atoms with Gasteiger partial charge in [-0.2, -0.15) is 0 Å². The Morgan fingerprint density at radius 2 is 1.47 bits per heavy atom. The second-order valence-corrected chi connectivity index (χ2v) is 4.29. The summed E-state index contributed by atoms with van der Waals surface area (Å²) in [6, 6.07) is 18.8. The van der Waals surface area contributed by atoms with Gasteiger partial charge in [-0.15, -0.1) is 0 Å². The molecule has 2 aromatic carbocycles. The molecule has 3 nitrogen and oxygen atoms in total. The molecular weight excluding hydrogens is 236 g/mol. The van der Waals surface area contributed by atoms with Crippen LogP contribution in [-0.2, 0) is 4.79 Å². The van der Waals surface area contributed by atoms with Gasteiger partial charge in [0.1, 0.15) is 0 Å². The van der Waals surface area contributed by atoms with Crippen molar-refractivity contribution >= 4 is 17.8 Å². The fourth-order valence-corrected chi connectivity index (χ4v) is 2.03. The maximum atomic E-state index is 11.9. The van der Waals surface area contributed by atoms with Gasteiger partial charge < -0.3 is 0 Å². The lowest BCUT2D eigenvalue weighted by Gasteiger charge is -2.14. The first-order valence-corrected chi connectivity index (χ1v) is 6.11. The zero-order valence-corrected chi connectivity index (χ0v) is 10.2. The molecular formula is C16H12N2O. The van der Waals surface area contributed by atoms with E-state index < -0.39 is 6.04 Å². The van der Waals surface area contributed by atoms with Gasteiger partial charge >= 0.3 is 0 Å². The summed E-state index contributed by atoms with van der Waals surface area (Å²) in [5.41, 5.74) is 2.59. The molecule has 1 atom stereocenters. The standard InChI is InChI=1S/C16H12N2O/c19-16-15(13-9-5-2-6-10-13)18-14(11-17-16)12-7-3-1-4-8-12/h1-11,15H. The third kappa shape index (κ3) is 2.36. The van der Waals surface area contributed by atoms with E-state index in [9.17, 15) is 4.79 Å². The Labute approximate surface area is 111 Å². The zero-order chi connectivity index (χ0) is 13.1. The van der Waals surface area contributed by atoms with Crippen molar-refractivity contribution in [2.75, 3.05) is 0 Å².